The van der Waals surface area contributed by atoms with E-state index in [1.807, 2.05) is 13.8 Å². The zero-order valence-corrected chi connectivity index (χ0v) is 7.82. The van der Waals surface area contributed by atoms with Gasteiger partial charge in [0.15, 0.2) is 0 Å². The van der Waals surface area contributed by atoms with Crippen molar-refractivity contribution in [3.05, 3.63) is 16.6 Å². The normalized spacial score (nSPS) is 13.4. The van der Waals surface area contributed by atoms with Gasteiger partial charge in [-0.1, -0.05) is 0 Å². The van der Waals surface area contributed by atoms with E-state index in [2.05, 4.69) is 10.4 Å². The Balaban J connectivity index is 2.39. The van der Waals surface area contributed by atoms with Gasteiger partial charge < -0.3 is 5.73 Å². The van der Waals surface area contributed by atoms with Gasteiger partial charge in [0.05, 0.1) is 5.69 Å². The summed E-state index contributed by atoms with van der Waals surface area (Å²) in [6.45, 7) is 4.06. The van der Waals surface area contributed by atoms with E-state index < -0.39 is 0 Å². The van der Waals surface area contributed by atoms with Gasteiger partial charge in [0.1, 0.15) is 0 Å². The molecule has 0 bridgehead atoms. The largest absolute Gasteiger partial charge is 0.328 e. The molecule has 62 valence electrons. The Bertz CT molecular complexity index is 218. The average molecular weight is 170 g/mol. The lowest BCUT2D eigenvalue weighted by Crippen LogP contribution is -2.14. The Morgan fingerprint density at radius 3 is 2.91 bits per heavy atom. The van der Waals surface area contributed by atoms with Crippen molar-refractivity contribution in [1.82, 2.24) is 4.37 Å². The highest BCUT2D eigenvalue weighted by Crippen LogP contribution is 2.11. The summed E-state index contributed by atoms with van der Waals surface area (Å²) in [6.07, 6.45) is 2.13. The molecular weight excluding hydrogens is 156 g/mol. The Kier molecular flexibility index (Phi) is 3.02. The molecule has 0 spiro atoms. The quantitative estimate of drug-likeness (QED) is 0.750. The number of rotatable bonds is 3. The molecule has 0 aromatic carbocycles. The second-order valence-electron chi connectivity index (χ2n) is 2.95. The van der Waals surface area contributed by atoms with Crippen molar-refractivity contribution >= 4 is 11.5 Å². The van der Waals surface area contributed by atoms with Crippen LogP contribution in [0.4, 0.5) is 0 Å². The van der Waals surface area contributed by atoms with Crippen LogP contribution in [0.1, 0.15) is 23.9 Å². The third kappa shape index (κ3) is 2.99. The minimum absolute atomic E-state index is 0.303. The molecule has 0 aliphatic rings. The molecule has 1 heterocycles. The lowest BCUT2D eigenvalue weighted by atomic mass is 10.2. The lowest BCUT2D eigenvalue weighted by molar-refractivity contribution is 0.670. The fourth-order valence-corrected chi connectivity index (χ4v) is 1.65. The molecule has 1 atom stereocenters. The van der Waals surface area contributed by atoms with Crippen molar-refractivity contribution in [2.45, 2.75) is 32.7 Å². The summed E-state index contributed by atoms with van der Waals surface area (Å²) in [5, 5.41) is 0. The molecule has 3 heteroatoms. The summed E-state index contributed by atoms with van der Waals surface area (Å²) < 4.78 is 4.20. The zero-order chi connectivity index (χ0) is 8.27. The topological polar surface area (TPSA) is 38.9 Å². The SMILES string of the molecule is Cc1cc(CCC(C)N)sn1. The Morgan fingerprint density at radius 1 is 1.73 bits per heavy atom. The van der Waals surface area contributed by atoms with Crippen molar-refractivity contribution in [1.29, 1.82) is 0 Å². The molecule has 0 saturated carbocycles. The van der Waals surface area contributed by atoms with Crippen LogP contribution in [0, 0.1) is 6.92 Å². The van der Waals surface area contributed by atoms with E-state index in [0.717, 1.165) is 18.5 Å². The van der Waals surface area contributed by atoms with E-state index in [9.17, 15) is 0 Å². The maximum atomic E-state index is 5.63. The summed E-state index contributed by atoms with van der Waals surface area (Å²) in [5.74, 6) is 0. The molecule has 2 N–H and O–H groups in total. The van der Waals surface area contributed by atoms with Crippen LogP contribution in [0.3, 0.4) is 0 Å². The highest BCUT2D eigenvalue weighted by Gasteiger charge is 1.99. The van der Waals surface area contributed by atoms with Gasteiger partial charge in [-0.2, -0.15) is 4.37 Å². The molecule has 1 aromatic heterocycles. The van der Waals surface area contributed by atoms with Crippen LogP contribution in [-0.2, 0) is 6.42 Å². The van der Waals surface area contributed by atoms with Crippen LogP contribution in [0.5, 0.6) is 0 Å². The first kappa shape index (κ1) is 8.68. The van der Waals surface area contributed by atoms with Gasteiger partial charge >= 0.3 is 0 Å². The van der Waals surface area contributed by atoms with Gasteiger partial charge in [0, 0.05) is 10.9 Å². The van der Waals surface area contributed by atoms with E-state index in [-0.39, 0.29) is 0 Å². The molecule has 1 unspecified atom stereocenters. The number of nitrogens with two attached hydrogens (primary N) is 1. The first-order chi connectivity index (χ1) is 5.18. The van der Waals surface area contributed by atoms with Gasteiger partial charge in [0.2, 0.25) is 0 Å². The van der Waals surface area contributed by atoms with E-state index in [1.54, 1.807) is 11.5 Å². The summed E-state index contributed by atoms with van der Waals surface area (Å²) in [7, 11) is 0. The van der Waals surface area contributed by atoms with Crippen molar-refractivity contribution in [2.24, 2.45) is 5.73 Å². The van der Waals surface area contributed by atoms with Gasteiger partial charge in [-0.05, 0) is 44.3 Å². The highest BCUT2D eigenvalue weighted by molar-refractivity contribution is 7.05. The molecule has 0 aliphatic heterocycles. The van der Waals surface area contributed by atoms with E-state index in [1.165, 1.54) is 4.88 Å². The maximum absolute atomic E-state index is 5.63. The second-order valence-corrected chi connectivity index (χ2v) is 3.84. The molecule has 1 rings (SSSR count). The standard InChI is InChI=1S/C8H14N2S/c1-6(9)3-4-8-5-7(2)10-11-8/h5-6H,3-4,9H2,1-2H3. The predicted octanol–water partition coefficient (Wildman–Crippen LogP) is 1.73. The Hall–Kier alpha value is -0.410. The number of nitrogens with zero attached hydrogens (tertiary/aromatic N) is 1. The van der Waals surface area contributed by atoms with Crippen LogP contribution in [-0.4, -0.2) is 10.4 Å². The van der Waals surface area contributed by atoms with Crippen LogP contribution in [0.25, 0.3) is 0 Å². The number of aromatic nitrogens is 1. The second kappa shape index (κ2) is 3.83. The molecule has 2 nitrogen and oxygen atoms in total. The molecule has 0 amide bonds. The smallest absolute Gasteiger partial charge is 0.0514 e. The molecular formula is C8H14N2S. The highest BCUT2D eigenvalue weighted by atomic mass is 32.1. The molecule has 0 saturated heterocycles. The number of hydrogen-bond donors (Lipinski definition) is 1. The summed E-state index contributed by atoms with van der Waals surface area (Å²) in [6, 6.07) is 2.44. The average Bonchev–Trinajstić information content (AvgIpc) is 2.31. The van der Waals surface area contributed by atoms with Crippen molar-refractivity contribution in [2.75, 3.05) is 0 Å². The van der Waals surface area contributed by atoms with Gasteiger partial charge in [-0.25, -0.2) is 0 Å². The summed E-state index contributed by atoms with van der Waals surface area (Å²) in [5.41, 5.74) is 6.75. The van der Waals surface area contributed by atoms with E-state index in [0.29, 0.717) is 6.04 Å². The molecule has 0 aliphatic carbocycles. The third-order valence-corrected chi connectivity index (χ3v) is 2.46. The fourth-order valence-electron chi connectivity index (χ4n) is 0.904. The zero-order valence-electron chi connectivity index (χ0n) is 7.00. The van der Waals surface area contributed by atoms with E-state index >= 15 is 0 Å². The van der Waals surface area contributed by atoms with Crippen LogP contribution in [0.15, 0.2) is 6.07 Å². The summed E-state index contributed by atoms with van der Waals surface area (Å²) in [4.78, 5) is 1.35. The Labute approximate surface area is 71.6 Å². The number of hydrogen-bond acceptors (Lipinski definition) is 3. The lowest BCUT2D eigenvalue weighted by Gasteiger charge is -2.00. The van der Waals surface area contributed by atoms with Crippen molar-refractivity contribution in [3.8, 4) is 0 Å². The minimum Gasteiger partial charge on any atom is -0.328 e. The molecule has 11 heavy (non-hydrogen) atoms. The van der Waals surface area contributed by atoms with E-state index in [4.69, 9.17) is 5.73 Å². The van der Waals surface area contributed by atoms with Crippen molar-refractivity contribution in [3.63, 3.8) is 0 Å². The van der Waals surface area contributed by atoms with Gasteiger partial charge in [-0.3, -0.25) is 0 Å². The van der Waals surface area contributed by atoms with Crippen LogP contribution in [0.2, 0.25) is 0 Å². The summed E-state index contributed by atoms with van der Waals surface area (Å²) >= 11 is 1.59. The Morgan fingerprint density at radius 2 is 2.45 bits per heavy atom. The van der Waals surface area contributed by atoms with Crippen molar-refractivity contribution < 1.29 is 0 Å². The monoisotopic (exact) mass is 170 g/mol. The molecule has 0 fully saturated rings. The third-order valence-electron chi connectivity index (χ3n) is 1.52. The van der Waals surface area contributed by atoms with Crippen LogP contribution >= 0.6 is 11.5 Å². The van der Waals surface area contributed by atoms with Gasteiger partial charge in [-0.15, -0.1) is 0 Å². The first-order valence-electron chi connectivity index (χ1n) is 3.86. The fraction of sp³-hybridized carbons (Fsp3) is 0.625. The first-order valence-corrected chi connectivity index (χ1v) is 4.63. The molecule has 1 aromatic rings. The minimum atomic E-state index is 0.303. The van der Waals surface area contributed by atoms with Gasteiger partial charge in [0.25, 0.3) is 0 Å². The van der Waals surface area contributed by atoms with Crippen LogP contribution < -0.4 is 5.73 Å². The number of aryl methyl sites for hydroxylation is 2. The maximum Gasteiger partial charge on any atom is 0.0514 e. The predicted molar refractivity (Wildman–Crippen MR) is 48.8 cm³/mol. The molecule has 0 radical (unpaired) electrons.